The van der Waals surface area contributed by atoms with Crippen LogP contribution < -0.4 is 0 Å². The lowest BCUT2D eigenvalue weighted by molar-refractivity contribution is 0.0814. The van der Waals surface area contributed by atoms with Crippen LogP contribution in [0.25, 0.3) is 0 Å². The lowest BCUT2D eigenvalue weighted by atomic mass is 9.96. The van der Waals surface area contributed by atoms with Gasteiger partial charge in [-0.05, 0) is 37.7 Å². The SMILES string of the molecule is CCCCCCCCCC1=CC2CCC(C1)N2C(=O)OCc1ccccc1. The number of nitrogens with zero attached hydrogens (tertiary/aromatic N) is 1. The Morgan fingerprint density at radius 3 is 2.52 bits per heavy atom. The van der Waals surface area contributed by atoms with E-state index in [9.17, 15) is 4.79 Å². The molecule has 0 spiro atoms. The average molecular weight is 370 g/mol. The summed E-state index contributed by atoms with van der Waals surface area (Å²) in [5, 5.41) is 0. The predicted octanol–water partition coefficient (Wildman–Crippen LogP) is 6.63. The van der Waals surface area contributed by atoms with Crippen LogP contribution in [0.15, 0.2) is 42.0 Å². The van der Waals surface area contributed by atoms with Gasteiger partial charge in [-0.25, -0.2) is 4.79 Å². The number of rotatable bonds is 10. The minimum absolute atomic E-state index is 0.141. The van der Waals surface area contributed by atoms with Crippen molar-refractivity contribution in [2.75, 3.05) is 0 Å². The molecule has 0 aliphatic carbocycles. The molecule has 3 nitrogen and oxygen atoms in total. The third kappa shape index (κ3) is 5.85. The van der Waals surface area contributed by atoms with E-state index in [1.807, 2.05) is 35.2 Å². The summed E-state index contributed by atoms with van der Waals surface area (Å²) in [5.41, 5.74) is 2.62. The van der Waals surface area contributed by atoms with Gasteiger partial charge in [0.05, 0.1) is 6.04 Å². The number of hydrogen-bond acceptors (Lipinski definition) is 2. The van der Waals surface area contributed by atoms with E-state index < -0.39 is 0 Å². The van der Waals surface area contributed by atoms with E-state index in [4.69, 9.17) is 4.74 Å². The third-order valence-electron chi connectivity index (χ3n) is 5.99. The number of hydrogen-bond donors (Lipinski definition) is 0. The second-order valence-electron chi connectivity index (χ2n) is 8.15. The highest BCUT2D eigenvalue weighted by Crippen LogP contribution is 2.37. The van der Waals surface area contributed by atoms with Crippen molar-refractivity contribution >= 4 is 6.09 Å². The summed E-state index contributed by atoms with van der Waals surface area (Å²) in [6.07, 6.45) is 16.2. The van der Waals surface area contributed by atoms with Gasteiger partial charge in [0, 0.05) is 6.04 Å². The fourth-order valence-corrected chi connectivity index (χ4v) is 4.49. The summed E-state index contributed by atoms with van der Waals surface area (Å²) in [7, 11) is 0. The highest BCUT2D eigenvalue weighted by molar-refractivity contribution is 5.70. The second kappa shape index (κ2) is 10.5. The summed E-state index contributed by atoms with van der Waals surface area (Å²) in [6, 6.07) is 10.5. The van der Waals surface area contributed by atoms with Crippen molar-refractivity contribution in [3.05, 3.63) is 47.5 Å². The van der Waals surface area contributed by atoms with Gasteiger partial charge >= 0.3 is 6.09 Å². The molecule has 1 aromatic carbocycles. The molecule has 2 aliphatic heterocycles. The van der Waals surface area contributed by atoms with Crippen molar-refractivity contribution in [3.63, 3.8) is 0 Å². The molecule has 0 N–H and O–H groups in total. The number of ether oxygens (including phenoxy) is 1. The standard InChI is InChI=1S/C24H35NO2/c1-2-3-4-5-6-7-9-14-21-17-22-15-16-23(18-21)25(22)24(26)27-19-20-12-10-8-11-13-20/h8,10-13,17,22-23H,2-7,9,14-16,18-19H2,1H3. The number of unbranched alkanes of at least 4 members (excludes halogenated alkanes) is 6. The van der Waals surface area contributed by atoms with Crippen LogP contribution in [-0.4, -0.2) is 23.1 Å². The molecule has 2 heterocycles. The maximum Gasteiger partial charge on any atom is 0.410 e. The van der Waals surface area contributed by atoms with Crippen molar-refractivity contribution in [3.8, 4) is 0 Å². The Balaban J connectivity index is 1.41. The van der Waals surface area contributed by atoms with Crippen molar-refractivity contribution in [1.29, 1.82) is 0 Å². The van der Waals surface area contributed by atoms with Gasteiger partial charge < -0.3 is 4.74 Å². The first-order chi connectivity index (χ1) is 13.3. The maximum atomic E-state index is 12.6. The molecule has 2 bridgehead atoms. The van der Waals surface area contributed by atoms with Crippen LogP contribution >= 0.6 is 0 Å². The van der Waals surface area contributed by atoms with Crippen LogP contribution in [0.4, 0.5) is 4.79 Å². The Labute approximate surface area is 164 Å². The van der Waals surface area contributed by atoms with Gasteiger partial charge in [-0.15, -0.1) is 0 Å². The van der Waals surface area contributed by atoms with E-state index in [0.717, 1.165) is 24.8 Å². The van der Waals surface area contributed by atoms with Gasteiger partial charge in [-0.3, -0.25) is 4.90 Å². The largest absolute Gasteiger partial charge is 0.445 e. The van der Waals surface area contributed by atoms with Crippen molar-refractivity contribution in [1.82, 2.24) is 4.90 Å². The molecule has 2 atom stereocenters. The summed E-state index contributed by atoms with van der Waals surface area (Å²) < 4.78 is 5.59. The van der Waals surface area contributed by atoms with Crippen LogP contribution in [0.1, 0.15) is 83.1 Å². The van der Waals surface area contributed by atoms with Crippen LogP contribution in [0.2, 0.25) is 0 Å². The zero-order valence-electron chi connectivity index (χ0n) is 16.9. The first kappa shape index (κ1) is 20.0. The van der Waals surface area contributed by atoms with E-state index >= 15 is 0 Å². The smallest absolute Gasteiger partial charge is 0.410 e. The molecular formula is C24H35NO2. The maximum absolute atomic E-state index is 12.6. The third-order valence-corrected chi connectivity index (χ3v) is 5.99. The average Bonchev–Trinajstić information content (AvgIpc) is 2.96. The monoisotopic (exact) mass is 369 g/mol. The van der Waals surface area contributed by atoms with E-state index in [1.54, 1.807) is 5.57 Å². The summed E-state index contributed by atoms with van der Waals surface area (Å²) in [6.45, 7) is 2.63. The molecule has 148 valence electrons. The highest BCUT2D eigenvalue weighted by Gasteiger charge is 2.40. The van der Waals surface area contributed by atoms with Gasteiger partial charge in [0.1, 0.15) is 6.61 Å². The summed E-state index contributed by atoms with van der Waals surface area (Å²) >= 11 is 0. The highest BCUT2D eigenvalue weighted by atomic mass is 16.6. The fraction of sp³-hybridized carbons (Fsp3) is 0.625. The van der Waals surface area contributed by atoms with Gasteiger partial charge in [-0.2, -0.15) is 0 Å². The van der Waals surface area contributed by atoms with Crippen LogP contribution in [0.5, 0.6) is 0 Å². The minimum Gasteiger partial charge on any atom is -0.445 e. The summed E-state index contributed by atoms with van der Waals surface area (Å²) in [4.78, 5) is 14.6. The topological polar surface area (TPSA) is 29.5 Å². The molecule has 1 aromatic rings. The Kier molecular flexibility index (Phi) is 7.79. The molecule has 0 radical (unpaired) electrons. The first-order valence-electron chi connectivity index (χ1n) is 11.0. The van der Waals surface area contributed by atoms with E-state index in [0.29, 0.717) is 12.6 Å². The Morgan fingerprint density at radius 1 is 1.04 bits per heavy atom. The quantitative estimate of drug-likeness (QED) is 0.342. The molecule has 1 fully saturated rings. The van der Waals surface area contributed by atoms with Gasteiger partial charge in [-0.1, -0.05) is 87.4 Å². The second-order valence-corrected chi connectivity index (χ2v) is 8.15. The summed E-state index contributed by atoms with van der Waals surface area (Å²) in [5.74, 6) is 0. The van der Waals surface area contributed by atoms with E-state index in [-0.39, 0.29) is 12.1 Å². The molecule has 1 amide bonds. The van der Waals surface area contributed by atoms with Crippen molar-refractivity contribution in [2.24, 2.45) is 0 Å². The zero-order valence-corrected chi connectivity index (χ0v) is 16.9. The van der Waals surface area contributed by atoms with E-state index in [1.165, 1.54) is 51.4 Å². The fourth-order valence-electron chi connectivity index (χ4n) is 4.49. The molecule has 1 saturated heterocycles. The minimum atomic E-state index is -0.141. The van der Waals surface area contributed by atoms with Crippen molar-refractivity contribution in [2.45, 2.75) is 96.2 Å². The Morgan fingerprint density at radius 2 is 1.78 bits per heavy atom. The molecule has 0 saturated carbocycles. The molecule has 3 rings (SSSR count). The van der Waals surface area contributed by atoms with E-state index in [2.05, 4.69) is 13.0 Å². The normalized spacial score (nSPS) is 21.2. The molecule has 27 heavy (non-hydrogen) atoms. The lowest BCUT2D eigenvalue weighted by Crippen LogP contribution is -2.43. The zero-order chi connectivity index (χ0) is 18.9. The Bertz CT molecular complexity index is 610. The molecule has 0 aromatic heterocycles. The van der Waals surface area contributed by atoms with Crippen LogP contribution in [-0.2, 0) is 11.3 Å². The number of carbonyl (C=O) groups excluding carboxylic acids is 1. The van der Waals surface area contributed by atoms with Gasteiger partial charge in [0.15, 0.2) is 0 Å². The number of carbonyl (C=O) groups is 1. The predicted molar refractivity (Wildman–Crippen MR) is 111 cm³/mol. The van der Waals surface area contributed by atoms with Gasteiger partial charge in [0.25, 0.3) is 0 Å². The molecule has 3 heteroatoms. The molecule has 2 unspecified atom stereocenters. The number of benzene rings is 1. The first-order valence-corrected chi connectivity index (χ1v) is 11.0. The Hall–Kier alpha value is -1.77. The van der Waals surface area contributed by atoms with Gasteiger partial charge in [0.2, 0.25) is 0 Å². The van der Waals surface area contributed by atoms with Crippen LogP contribution in [0, 0.1) is 0 Å². The van der Waals surface area contributed by atoms with Crippen molar-refractivity contribution < 1.29 is 9.53 Å². The number of fused-ring (bicyclic) bond motifs is 2. The number of amides is 1. The molecular weight excluding hydrogens is 334 g/mol. The molecule has 2 aliphatic rings. The van der Waals surface area contributed by atoms with Crippen LogP contribution in [0.3, 0.4) is 0 Å². The lowest BCUT2D eigenvalue weighted by Gasteiger charge is -2.33.